The standard InChI is InChI=1S/C34H46N4O7Si/c1-33(2,3)44-32(41)38-19-26(45-46(8,9)34(4,5)6)21-42-29(20-38)30(39)36-25(18-35)16-22-10-12-23(13-11-22)24-14-15-28-27(17-24)37(7)31(40)43-28/h10-15,17,25-26,29H,16,19-21H2,1-9H3,(H,36,39)/t25-,26+,29-/m0/s1. The van der Waals surface area contributed by atoms with Crippen LogP contribution in [0.15, 0.2) is 51.7 Å². The quantitative estimate of drug-likeness (QED) is 0.337. The van der Waals surface area contributed by atoms with Gasteiger partial charge in [-0.2, -0.15) is 5.26 Å². The summed E-state index contributed by atoms with van der Waals surface area (Å²) < 4.78 is 24.9. The first-order valence-electron chi connectivity index (χ1n) is 15.5. The number of hydrogen-bond acceptors (Lipinski definition) is 8. The lowest BCUT2D eigenvalue weighted by molar-refractivity contribution is -0.133. The fraction of sp³-hybridized carbons (Fsp3) is 0.529. The number of benzene rings is 2. The van der Waals surface area contributed by atoms with Crippen LogP contribution in [0.25, 0.3) is 22.2 Å². The van der Waals surface area contributed by atoms with Crippen LogP contribution in [0.1, 0.15) is 47.1 Å². The van der Waals surface area contributed by atoms with Gasteiger partial charge in [0.25, 0.3) is 5.91 Å². The van der Waals surface area contributed by atoms with Gasteiger partial charge in [-0.3, -0.25) is 9.36 Å². The molecule has 1 aliphatic rings. The Balaban J connectivity index is 1.45. The summed E-state index contributed by atoms with van der Waals surface area (Å²) in [5, 5.41) is 12.7. The van der Waals surface area contributed by atoms with Crippen molar-refractivity contribution in [2.24, 2.45) is 7.05 Å². The van der Waals surface area contributed by atoms with E-state index in [4.69, 9.17) is 18.3 Å². The molecule has 2 aromatic carbocycles. The highest BCUT2D eigenvalue weighted by Gasteiger charge is 2.42. The van der Waals surface area contributed by atoms with Gasteiger partial charge < -0.3 is 28.5 Å². The molecule has 0 spiro atoms. The number of rotatable bonds is 7. The van der Waals surface area contributed by atoms with E-state index in [9.17, 15) is 19.6 Å². The molecule has 248 valence electrons. The minimum Gasteiger partial charge on any atom is -0.444 e. The molecule has 2 heterocycles. The Labute approximate surface area is 271 Å². The van der Waals surface area contributed by atoms with E-state index in [1.807, 2.05) is 36.4 Å². The topological polar surface area (TPSA) is 136 Å². The van der Waals surface area contributed by atoms with Crippen molar-refractivity contribution in [3.8, 4) is 17.2 Å². The number of carbonyl (C=O) groups excluding carboxylic acids is 2. The zero-order valence-corrected chi connectivity index (χ0v) is 29.3. The van der Waals surface area contributed by atoms with E-state index in [1.54, 1.807) is 33.9 Å². The number of hydrogen-bond donors (Lipinski definition) is 1. The Morgan fingerprint density at radius 2 is 1.72 bits per heavy atom. The minimum absolute atomic E-state index is 0.0302. The van der Waals surface area contributed by atoms with Crippen LogP contribution in [0.3, 0.4) is 0 Å². The molecule has 1 aliphatic heterocycles. The van der Waals surface area contributed by atoms with Gasteiger partial charge in [-0.05, 0) is 67.7 Å². The van der Waals surface area contributed by atoms with Gasteiger partial charge in [0.1, 0.15) is 11.6 Å². The normalized spacial score (nSPS) is 18.5. The van der Waals surface area contributed by atoms with Gasteiger partial charge in [-0.25, -0.2) is 9.59 Å². The first-order chi connectivity index (χ1) is 21.4. The summed E-state index contributed by atoms with van der Waals surface area (Å²) in [6, 6.07) is 14.6. The van der Waals surface area contributed by atoms with Crippen LogP contribution in [-0.4, -0.2) is 73.3 Å². The van der Waals surface area contributed by atoms with Crippen LogP contribution in [0.2, 0.25) is 18.1 Å². The second-order valence-electron chi connectivity index (χ2n) is 14.4. The maximum atomic E-state index is 13.5. The van der Waals surface area contributed by atoms with Crippen molar-refractivity contribution in [3.63, 3.8) is 0 Å². The second-order valence-corrected chi connectivity index (χ2v) is 19.2. The number of fused-ring (bicyclic) bond motifs is 1. The Morgan fingerprint density at radius 1 is 1.07 bits per heavy atom. The van der Waals surface area contributed by atoms with Crippen LogP contribution >= 0.6 is 0 Å². The number of nitrogens with one attached hydrogen (secondary N) is 1. The fourth-order valence-corrected chi connectivity index (χ4v) is 6.25. The van der Waals surface area contributed by atoms with E-state index in [0.29, 0.717) is 11.1 Å². The predicted octanol–water partition coefficient (Wildman–Crippen LogP) is 5.38. The van der Waals surface area contributed by atoms with Gasteiger partial charge in [0.15, 0.2) is 20.0 Å². The zero-order chi connectivity index (χ0) is 34.0. The number of nitrogens with zero attached hydrogens (tertiary/aromatic N) is 3. The third-order valence-corrected chi connectivity index (χ3v) is 13.0. The van der Waals surface area contributed by atoms with Gasteiger partial charge in [-0.15, -0.1) is 0 Å². The van der Waals surface area contributed by atoms with E-state index >= 15 is 0 Å². The van der Waals surface area contributed by atoms with E-state index in [1.165, 1.54) is 9.47 Å². The van der Waals surface area contributed by atoms with Crippen molar-refractivity contribution in [3.05, 3.63) is 58.6 Å². The molecule has 0 unspecified atom stereocenters. The van der Waals surface area contributed by atoms with E-state index in [-0.39, 0.29) is 31.2 Å². The summed E-state index contributed by atoms with van der Waals surface area (Å²) in [4.78, 5) is 40.0. The highest BCUT2D eigenvalue weighted by atomic mass is 28.4. The Kier molecular flexibility index (Phi) is 10.2. The average molecular weight is 651 g/mol. The Bertz CT molecular complexity index is 1660. The molecule has 1 N–H and O–H groups in total. The molecule has 0 radical (unpaired) electrons. The molecule has 1 aromatic heterocycles. The molecule has 0 aliphatic carbocycles. The van der Waals surface area contributed by atoms with Crippen molar-refractivity contribution in [2.45, 2.75) is 89.9 Å². The van der Waals surface area contributed by atoms with Crippen molar-refractivity contribution in [1.82, 2.24) is 14.8 Å². The maximum absolute atomic E-state index is 13.5. The van der Waals surface area contributed by atoms with Gasteiger partial charge in [-0.1, -0.05) is 51.1 Å². The number of aromatic nitrogens is 1. The van der Waals surface area contributed by atoms with E-state index in [0.717, 1.165) is 16.7 Å². The fourth-order valence-electron chi connectivity index (χ4n) is 4.92. The molecule has 11 nitrogen and oxygen atoms in total. The van der Waals surface area contributed by atoms with Crippen molar-refractivity contribution in [2.75, 3.05) is 19.7 Å². The molecular formula is C34H46N4O7Si. The van der Waals surface area contributed by atoms with Crippen LogP contribution in [0.4, 0.5) is 4.79 Å². The maximum Gasteiger partial charge on any atom is 0.419 e. The van der Waals surface area contributed by atoms with Crippen molar-refractivity contribution >= 4 is 31.4 Å². The average Bonchev–Trinajstić information content (AvgIpc) is 3.10. The monoisotopic (exact) mass is 650 g/mol. The molecule has 0 saturated carbocycles. The number of oxazole rings is 1. The summed E-state index contributed by atoms with van der Waals surface area (Å²) in [5.41, 5.74) is 3.20. The largest absolute Gasteiger partial charge is 0.444 e. The molecule has 0 bridgehead atoms. The van der Waals surface area contributed by atoms with E-state index in [2.05, 4.69) is 45.3 Å². The predicted molar refractivity (Wildman–Crippen MR) is 178 cm³/mol. The molecule has 4 rings (SSSR count). The minimum atomic E-state index is -2.21. The van der Waals surface area contributed by atoms with Crippen LogP contribution in [0, 0.1) is 11.3 Å². The number of aryl methyl sites for hydroxylation is 1. The summed E-state index contributed by atoms with van der Waals surface area (Å²) in [6.45, 7) is 16.4. The van der Waals surface area contributed by atoms with Gasteiger partial charge >= 0.3 is 11.8 Å². The molecule has 3 atom stereocenters. The number of amides is 2. The highest BCUT2D eigenvalue weighted by Crippen LogP contribution is 2.37. The third kappa shape index (κ3) is 8.45. The summed E-state index contributed by atoms with van der Waals surface area (Å²) in [7, 11) is -0.550. The summed E-state index contributed by atoms with van der Waals surface area (Å²) in [6.07, 6.45) is -1.72. The molecular weight excluding hydrogens is 604 g/mol. The van der Waals surface area contributed by atoms with Crippen LogP contribution in [-0.2, 0) is 32.2 Å². The van der Waals surface area contributed by atoms with Gasteiger partial charge in [0.05, 0.1) is 37.4 Å². The number of carbonyl (C=O) groups is 2. The van der Waals surface area contributed by atoms with Crippen LogP contribution < -0.4 is 11.1 Å². The van der Waals surface area contributed by atoms with E-state index < -0.39 is 49.9 Å². The lowest BCUT2D eigenvalue weighted by Gasteiger charge is -2.39. The highest BCUT2D eigenvalue weighted by molar-refractivity contribution is 6.74. The molecule has 46 heavy (non-hydrogen) atoms. The molecule has 1 saturated heterocycles. The van der Waals surface area contributed by atoms with Crippen LogP contribution in [0.5, 0.6) is 0 Å². The zero-order valence-electron chi connectivity index (χ0n) is 28.3. The smallest absolute Gasteiger partial charge is 0.419 e. The van der Waals surface area contributed by atoms with Crippen molar-refractivity contribution < 1.29 is 27.9 Å². The Morgan fingerprint density at radius 3 is 2.33 bits per heavy atom. The lowest BCUT2D eigenvalue weighted by Crippen LogP contribution is -2.50. The number of ether oxygens (including phenoxy) is 2. The third-order valence-electron chi connectivity index (χ3n) is 8.50. The lowest BCUT2D eigenvalue weighted by atomic mass is 10.0. The van der Waals surface area contributed by atoms with Crippen molar-refractivity contribution in [1.29, 1.82) is 5.26 Å². The first kappa shape index (κ1) is 34.9. The summed E-state index contributed by atoms with van der Waals surface area (Å²) in [5.74, 6) is -0.901. The Hall–Kier alpha value is -3.92. The van der Waals surface area contributed by atoms with Gasteiger partial charge in [0.2, 0.25) is 0 Å². The molecule has 1 fully saturated rings. The SMILES string of the molecule is Cn1c(=O)oc2ccc(-c3ccc(C[C@@H](C#N)NC(=O)[C@@H]4CN(C(=O)OC(C)(C)C)C[C@@H](O[Si](C)(C)C(C)(C)C)CO4)cc3)cc21. The summed E-state index contributed by atoms with van der Waals surface area (Å²) >= 11 is 0. The second kappa shape index (κ2) is 13.4. The first-order valence-corrected chi connectivity index (χ1v) is 18.4. The molecule has 2 amide bonds. The number of nitriles is 1. The molecule has 12 heteroatoms. The molecule has 3 aromatic rings. The van der Waals surface area contributed by atoms with Gasteiger partial charge in [0, 0.05) is 13.5 Å².